The molecule has 0 radical (unpaired) electrons. The van der Waals surface area contributed by atoms with Crippen molar-refractivity contribution < 1.29 is 9.53 Å². The molecule has 0 aromatic heterocycles. The molecule has 0 aliphatic carbocycles. The highest BCUT2D eigenvalue weighted by Gasteiger charge is 2.18. The van der Waals surface area contributed by atoms with Crippen molar-refractivity contribution in [1.29, 1.82) is 0 Å². The number of ether oxygens (including phenoxy) is 1. The molecule has 5 heteroatoms. The molecule has 19 heavy (non-hydrogen) atoms. The van der Waals surface area contributed by atoms with Gasteiger partial charge in [0.15, 0.2) is 0 Å². The smallest absolute Gasteiger partial charge is 0.315 e. The lowest BCUT2D eigenvalue weighted by molar-refractivity contribution is 0.188. The number of carbonyl (C=O) groups is 1. The third kappa shape index (κ3) is 4.84. The predicted octanol–water partition coefficient (Wildman–Crippen LogP) is 2.47. The van der Waals surface area contributed by atoms with E-state index < -0.39 is 0 Å². The molecule has 0 unspecified atom stereocenters. The average Bonchev–Trinajstić information content (AvgIpc) is 2.84. The Morgan fingerprint density at radius 2 is 2.21 bits per heavy atom. The summed E-state index contributed by atoms with van der Waals surface area (Å²) < 4.78 is 6.29. The van der Waals surface area contributed by atoms with Crippen LogP contribution in [0.3, 0.4) is 0 Å². The van der Waals surface area contributed by atoms with Crippen molar-refractivity contribution in [3.05, 3.63) is 34.3 Å². The number of halogens is 1. The fourth-order valence-electron chi connectivity index (χ4n) is 2.12. The largest absolute Gasteiger partial charge is 0.379 e. The maximum atomic E-state index is 11.8. The maximum absolute atomic E-state index is 11.8. The van der Waals surface area contributed by atoms with Crippen molar-refractivity contribution in [2.24, 2.45) is 0 Å². The second-order valence-electron chi connectivity index (χ2n) is 4.91. The minimum absolute atomic E-state index is 0.100. The van der Waals surface area contributed by atoms with Crippen molar-refractivity contribution in [2.75, 3.05) is 13.2 Å². The van der Waals surface area contributed by atoms with Gasteiger partial charge in [0, 0.05) is 17.1 Å². The van der Waals surface area contributed by atoms with Gasteiger partial charge >= 0.3 is 6.03 Å². The summed E-state index contributed by atoms with van der Waals surface area (Å²) in [6, 6.07) is 8.29. The molecule has 2 amide bonds. The Morgan fingerprint density at radius 1 is 1.47 bits per heavy atom. The molecule has 1 heterocycles. The third-order valence-electron chi connectivity index (χ3n) is 3.10. The van der Waals surface area contributed by atoms with E-state index in [1.54, 1.807) is 0 Å². The molecule has 0 bridgehead atoms. The van der Waals surface area contributed by atoms with E-state index in [4.69, 9.17) is 4.74 Å². The highest BCUT2D eigenvalue weighted by Crippen LogP contribution is 2.11. The van der Waals surface area contributed by atoms with Crippen LogP contribution < -0.4 is 10.6 Å². The van der Waals surface area contributed by atoms with Crippen LogP contribution in [0.25, 0.3) is 0 Å². The molecular weight excluding hydrogens is 308 g/mol. The molecule has 104 valence electrons. The molecule has 4 nitrogen and oxygen atoms in total. The van der Waals surface area contributed by atoms with Crippen LogP contribution in [0.4, 0.5) is 4.79 Å². The SMILES string of the molecule is C[C@@H](Cc1ccc(Br)cc1)NC(=O)N[C@H]1CCOC1. The van der Waals surface area contributed by atoms with Gasteiger partial charge in [0.2, 0.25) is 0 Å². The Labute approximate surface area is 122 Å². The number of rotatable bonds is 4. The van der Waals surface area contributed by atoms with Crippen LogP contribution in [0.5, 0.6) is 0 Å². The standard InChI is InChI=1S/C14H19BrN2O2/c1-10(8-11-2-4-12(15)5-3-11)16-14(18)17-13-6-7-19-9-13/h2-5,10,13H,6-9H2,1H3,(H2,16,17,18)/t10-,13-/m0/s1. The van der Waals surface area contributed by atoms with Crippen LogP contribution in [0.15, 0.2) is 28.7 Å². The Morgan fingerprint density at radius 3 is 2.84 bits per heavy atom. The Bertz CT molecular complexity index is 416. The number of benzene rings is 1. The zero-order valence-corrected chi connectivity index (χ0v) is 12.6. The fourth-order valence-corrected chi connectivity index (χ4v) is 2.39. The van der Waals surface area contributed by atoms with Gasteiger partial charge in [-0.25, -0.2) is 4.79 Å². The van der Waals surface area contributed by atoms with E-state index in [2.05, 4.69) is 38.7 Å². The second-order valence-corrected chi connectivity index (χ2v) is 5.83. The van der Waals surface area contributed by atoms with Crippen LogP contribution in [0.2, 0.25) is 0 Å². The summed E-state index contributed by atoms with van der Waals surface area (Å²) in [6.45, 7) is 3.36. The summed E-state index contributed by atoms with van der Waals surface area (Å²) in [6.07, 6.45) is 1.72. The number of nitrogens with one attached hydrogen (secondary N) is 2. The lowest BCUT2D eigenvalue weighted by Gasteiger charge is -2.17. The molecule has 2 rings (SSSR count). The summed E-state index contributed by atoms with van der Waals surface area (Å²) in [4.78, 5) is 11.8. The molecule has 1 aliphatic heterocycles. The van der Waals surface area contributed by atoms with Gasteiger partial charge in [-0.2, -0.15) is 0 Å². The van der Waals surface area contributed by atoms with Gasteiger partial charge in [0.25, 0.3) is 0 Å². The third-order valence-corrected chi connectivity index (χ3v) is 3.63. The van der Waals surface area contributed by atoms with Crippen LogP contribution in [-0.2, 0) is 11.2 Å². The van der Waals surface area contributed by atoms with Gasteiger partial charge in [0.1, 0.15) is 0 Å². The molecule has 1 aromatic rings. The molecular formula is C14H19BrN2O2. The zero-order valence-electron chi connectivity index (χ0n) is 11.0. The molecule has 2 N–H and O–H groups in total. The van der Waals surface area contributed by atoms with Gasteiger partial charge < -0.3 is 15.4 Å². The second kappa shape index (κ2) is 6.91. The van der Waals surface area contributed by atoms with Crippen molar-refractivity contribution in [3.63, 3.8) is 0 Å². The Hall–Kier alpha value is -1.07. The number of hydrogen-bond donors (Lipinski definition) is 2. The monoisotopic (exact) mass is 326 g/mol. The van der Waals surface area contributed by atoms with E-state index in [0.29, 0.717) is 6.61 Å². The molecule has 1 fully saturated rings. The first kappa shape index (κ1) is 14.3. The fraction of sp³-hybridized carbons (Fsp3) is 0.500. The van der Waals surface area contributed by atoms with Gasteiger partial charge in [-0.3, -0.25) is 0 Å². The summed E-state index contributed by atoms with van der Waals surface area (Å²) in [5, 5.41) is 5.87. The van der Waals surface area contributed by atoms with E-state index in [9.17, 15) is 4.79 Å². The van der Waals surface area contributed by atoms with Gasteiger partial charge in [-0.15, -0.1) is 0 Å². The van der Waals surface area contributed by atoms with Gasteiger partial charge in [0.05, 0.1) is 12.6 Å². The van der Waals surface area contributed by atoms with Gasteiger partial charge in [-0.05, 0) is 37.5 Å². The Balaban J connectivity index is 1.75. The van der Waals surface area contributed by atoms with Crippen LogP contribution in [0, 0.1) is 0 Å². The van der Waals surface area contributed by atoms with E-state index in [0.717, 1.165) is 23.9 Å². The summed E-state index contributed by atoms with van der Waals surface area (Å²) >= 11 is 3.41. The zero-order chi connectivity index (χ0) is 13.7. The first-order chi connectivity index (χ1) is 9.13. The highest BCUT2D eigenvalue weighted by atomic mass is 79.9. The number of hydrogen-bond acceptors (Lipinski definition) is 2. The summed E-state index contributed by atoms with van der Waals surface area (Å²) in [5.41, 5.74) is 1.21. The molecule has 2 atom stereocenters. The topological polar surface area (TPSA) is 50.4 Å². The van der Waals surface area contributed by atoms with Crippen LogP contribution in [0.1, 0.15) is 18.9 Å². The lowest BCUT2D eigenvalue weighted by Crippen LogP contribution is -2.46. The quantitative estimate of drug-likeness (QED) is 0.893. The van der Waals surface area contributed by atoms with Crippen LogP contribution in [-0.4, -0.2) is 31.3 Å². The van der Waals surface area contributed by atoms with Crippen molar-refractivity contribution in [3.8, 4) is 0 Å². The first-order valence-corrected chi connectivity index (χ1v) is 7.32. The minimum Gasteiger partial charge on any atom is -0.379 e. The Kier molecular flexibility index (Phi) is 5.22. The normalized spacial score (nSPS) is 20.0. The number of urea groups is 1. The summed E-state index contributed by atoms with van der Waals surface area (Å²) in [5.74, 6) is 0. The van der Waals surface area contributed by atoms with Crippen molar-refractivity contribution in [1.82, 2.24) is 10.6 Å². The lowest BCUT2D eigenvalue weighted by atomic mass is 10.1. The predicted molar refractivity (Wildman–Crippen MR) is 78.2 cm³/mol. The molecule has 1 aromatic carbocycles. The highest BCUT2D eigenvalue weighted by molar-refractivity contribution is 9.10. The minimum atomic E-state index is -0.111. The molecule has 0 spiro atoms. The van der Waals surface area contributed by atoms with Crippen molar-refractivity contribution >= 4 is 22.0 Å². The van der Waals surface area contributed by atoms with Crippen LogP contribution >= 0.6 is 15.9 Å². The van der Waals surface area contributed by atoms with E-state index in [1.165, 1.54) is 5.56 Å². The number of amides is 2. The number of carbonyl (C=O) groups excluding carboxylic acids is 1. The molecule has 0 saturated carbocycles. The summed E-state index contributed by atoms with van der Waals surface area (Å²) in [7, 11) is 0. The van der Waals surface area contributed by atoms with E-state index in [-0.39, 0.29) is 18.1 Å². The first-order valence-electron chi connectivity index (χ1n) is 6.52. The molecule has 1 saturated heterocycles. The van der Waals surface area contributed by atoms with Gasteiger partial charge in [-0.1, -0.05) is 28.1 Å². The van der Waals surface area contributed by atoms with E-state index >= 15 is 0 Å². The maximum Gasteiger partial charge on any atom is 0.315 e. The average molecular weight is 327 g/mol. The van der Waals surface area contributed by atoms with Crippen molar-refractivity contribution in [2.45, 2.75) is 31.8 Å². The molecule has 1 aliphatic rings. The van der Waals surface area contributed by atoms with E-state index in [1.807, 2.05) is 19.1 Å².